The number of nitrogens with one attached hydrogen (secondary N) is 1. The summed E-state index contributed by atoms with van der Waals surface area (Å²) in [5.74, 6) is -0.970. The molecule has 8 heteroatoms. The van der Waals surface area contributed by atoms with Crippen LogP contribution in [0, 0.1) is 5.82 Å². The SMILES string of the molecule is CC(=O)c1ccc(SCC(=O)Nc2nc3ccc(Cl)cc3s2)c(F)c1. The van der Waals surface area contributed by atoms with Gasteiger partial charge in [0.05, 0.1) is 16.0 Å². The van der Waals surface area contributed by atoms with E-state index in [1.165, 1.54) is 30.4 Å². The van der Waals surface area contributed by atoms with Crippen molar-refractivity contribution in [1.29, 1.82) is 0 Å². The fourth-order valence-electron chi connectivity index (χ4n) is 2.09. The molecule has 25 heavy (non-hydrogen) atoms. The number of aromatic nitrogens is 1. The third-order valence-corrected chi connectivity index (χ3v) is 5.51. The molecule has 128 valence electrons. The molecule has 0 aliphatic rings. The number of thiazole rings is 1. The molecular weight excluding hydrogens is 383 g/mol. The molecule has 0 radical (unpaired) electrons. The van der Waals surface area contributed by atoms with Gasteiger partial charge in [-0.1, -0.05) is 29.0 Å². The number of anilines is 1. The smallest absolute Gasteiger partial charge is 0.236 e. The molecule has 0 aliphatic carbocycles. The number of Topliss-reactive ketones (excluding diaryl/α,β-unsaturated/α-hetero) is 1. The molecule has 0 fully saturated rings. The molecule has 0 aliphatic heterocycles. The Hall–Kier alpha value is -1.96. The van der Waals surface area contributed by atoms with Crippen LogP contribution in [0.15, 0.2) is 41.3 Å². The molecule has 4 nitrogen and oxygen atoms in total. The van der Waals surface area contributed by atoms with Gasteiger partial charge in [-0.2, -0.15) is 0 Å². The van der Waals surface area contributed by atoms with E-state index < -0.39 is 5.82 Å². The number of amides is 1. The van der Waals surface area contributed by atoms with E-state index >= 15 is 0 Å². The molecule has 1 N–H and O–H groups in total. The zero-order chi connectivity index (χ0) is 18.0. The van der Waals surface area contributed by atoms with Crippen LogP contribution in [-0.4, -0.2) is 22.4 Å². The predicted molar refractivity (Wildman–Crippen MR) is 100 cm³/mol. The molecule has 0 saturated carbocycles. The van der Waals surface area contributed by atoms with Crippen molar-refractivity contribution < 1.29 is 14.0 Å². The van der Waals surface area contributed by atoms with Gasteiger partial charge in [-0.15, -0.1) is 11.8 Å². The van der Waals surface area contributed by atoms with Crippen molar-refractivity contribution in [1.82, 2.24) is 4.98 Å². The molecule has 3 aromatic rings. The number of benzene rings is 2. The molecular formula is C17H12ClFN2O2S2. The van der Waals surface area contributed by atoms with Crippen LogP contribution in [0.1, 0.15) is 17.3 Å². The second kappa shape index (κ2) is 7.51. The van der Waals surface area contributed by atoms with Crippen LogP contribution in [0.25, 0.3) is 10.2 Å². The number of ketones is 1. The average molecular weight is 395 g/mol. The zero-order valence-electron chi connectivity index (χ0n) is 13.0. The third kappa shape index (κ3) is 4.36. The number of hydrogen-bond acceptors (Lipinski definition) is 5. The quantitative estimate of drug-likeness (QED) is 0.487. The molecule has 1 aromatic heterocycles. The predicted octanol–water partition coefficient (Wildman–Crippen LogP) is 5.02. The summed E-state index contributed by atoms with van der Waals surface area (Å²) in [6.45, 7) is 1.38. The Kier molecular flexibility index (Phi) is 5.36. The molecule has 0 saturated heterocycles. The molecule has 1 heterocycles. The highest BCUT2D eigenvalue weighted by atomic mass is 35.5. The van der Waals surface area contributed by atoms with Gasteiger partial charge in [0, 0.05) is 15.5 Å². The fourth-order valence-corrected chi connectivity index (χ4v) is 3.97. The van der Waals surface area contributed by atoms with Crippen LogP contribution in [0.4, 0.5) is 9.52 Å². The summed E-state index contributed by atoms with van der Waals surface area (Å²) in [7, 11) is 0. The summed E-state index contributed by atoms with van der Waals surface area (Å²) >= 11 is 8.31. The van der Waals surface area contributed by atoms with E-state index in [2.05, 4.69) is 10.3 Å². The van der Waals surface area contributed by atoms with Crippen LogP contribution in [0.2, 0.25) is 5.02 Å². The maximum Gasteiger partial charge on any atom is 0.236 e. The van der Waals surface area contributed by atoms with Crippen molar-refractivity contribution in [2.45, 2.75) is 11.8 Å². The monoisotopic (exact) mass is 394 g/mol. The molecule has 3 rings (SSSR count). The lowest BCUT2D eigenvalue weighted by atomic mass is 10.1. The normalized spacial score (nSPS) is 10.8. The van der Waals surface area contributed by atoms with Crippen molar-refractivity contribution in [3.05, 3.63) is 52.8 Å². The fraction of sp³-hybridized carbons (Fsp3) is 0.118. The van der Waals surface area contributed by atoms with Gasteiger partial charge in [-0.05, 0) is 37.3 Å². The lowest BCUT2D eigenvalue weighted by Gasteiger charge is -2.04. The maximum atomic E-state index is 13.9. The highest BCUT2D eigenvalue weighted by Gasteiger charge is 2.11. The lowest BCUT2D eigenvalue weighted by Crippen LogP contribution is -2.13. The van der Waals surface area contributed by atoms with Gasteiger partial charge in [0.15, 0.2) is 10.9 Å². The first-order chi connectivity index (χ1) is 11.9. The van der Waals surface area contributed by atoms with E-state index in [0.717, 1.165) is 22.0 Å². The number of carbonyl (C=O) groups is 2. The Labute approximate surface area is 156 Å². The van der Waals surface area contributed by atoms with Gasteiger partial charge in [0.1, 0.15) is 5.82 Å². The molecule has 2 aromatic carbocycles. The van der Waals surface area contributed by atoms with Crippen LogP contribution < -0.4 is 5.32 Å². The topological polar surface area (TPSA) is 59.1 Å². The van der Waals surface area contributed by atoms with E-state index in [9.17, 15) is 14.0 Å². The van der Waals surface area contributed by atoms with Gasteiger partial charge in [-0.25, -0.2) is 9.37 Å². The highest BCUT2D eigenvalue weighted by molar-refractivity contribution is 8.00. The maximum absolute atomic E-state index is 13.9. The summed E-state index contributed by atoms with van der Waals surface area (Å²) in [6, 6.07) is 9.53. The molecule has 0 unspecified atom stereocenters. The van der Waals surface area contributed by atoms with Crippen molar-refractivity contribution in [2.24, 2.45) is 0 Å². The molecule has 1 amide bonds. The zero-order valence-corrected chi connectivity index (χ0v) is 15.4. The molecule has 0 spiro atoms. The standard InChI is InChI=1S/C17H12ClFN2O2S2/c1-9(22)10-2-5-14(12(19)6-10)24-8-16(23)21-17-20-13-4-3-11(18)7-15(13)25-17/h2-7H,8H2,1H3,(H,20,21,23). The summed E-state index contributed by atoms with van der Waals surface area (Å²) in [5, 5.41) is 3.77. The number of rotatable bonds is 5. The Morgan fingerprint density at radius 2 is 2.08 bits per heavy atom. The van der Waals surface area contributed by atoms with Crippen molar-refractivity contribution in [3.63, 3.8) is 0 Å². The van der Waals surface area contributed by atoms with Gasteiger partial charge >= 0.3 is 0 Å². The van der Waals surface area contributed by atoms with Crippen LogP contribution in [-0.2, 0) is 4.79 Å². The average Bonchev–Trinajstić information content (AvgIpc) is 2.94. The number of halogens is 2. The first-order valence-electron chi connectivity index (χ1n) is 7.21. The second-order valence-corrected chi connectivity index (χ2v) is 7.65. The van der Waals surface area contributed by atoms with Crippen molar-refractivity contribution in [3.8, 4) is 0 Å². The number of carbonyl (C=O) groups excluding carboxylic acids is 2. The van der Waals surface area contributed by atoms with Crippen LogP contribution >= 0.6 is 34.7 Å². The van der Waals surface area contributed by atoms with E-state index in [1.54, 1.807) is 24.3 Å². The van der Waals surface area contributed by atoms with Crippen LogP contribution in [0.3, 0.4) is 0 Å². The van der Waals surface area contributed by atoms with E-state index in [0.29, 0.717) is 20.6 Å². The summed E-state index contributed by atoms with van der Waals surface area (Å²) in [6.07, 6.45) is 0. The Balaban J connectivity index is 1.63. The van der Waals surface area contributed by atoms with E-state index in [1.807, 2.05) is 0 Å². The Morgan fingerprint density at radius 1 is 1.28 bits per heavy atom. The van der Waals surface area contributed by atoms with Gasteiger partial charge in [-0.3, -0.25) is 9.59 Å². The summed E-state index contributed by atoms with van der Waals surface area (Å²) < 4.78 is 14.8. The Bertz CT molecular complexity index is 974. The van der Waals surface area contributed by atoms with Crippen molar-refractivity contribution >= 4 is 61.7 Å². The minimum absolute atomic E-state index is 0.0347. The van der Waals surface area contributed by atoms with Crippen LogP contribution in [0.5, 0.6) is 0 Å². The van der Waals surface area contributed by atoms with Gasteiger partial charge in [0.2, 0.25) is 5.91 Å². The number of thioether (sulfide) groups is 1. The lowest BCUT2D eigenvalue weighted by molar-refractivity contribution is -0.113. The number of nitrogens with zero attached hydrogens (tertiary/aromatic N) is 1. The number of hydrogen-bond donors (Lipinski definition) is 1. The van der Waals surface area contributed by atoms with Crippen molar-refractivity contribution in [2.75, 3.05) is 11.1 Å². The number of fused-ring (bicyclic) bond motifs is 1. The first-order valence-corrected chi connectivity index (χ1v) is 9.39. The Morgan fingerprint density at radius 3 is 2.80 bits per heavy atom. The molecule has 0 atom stereocenters. The third-order valence-electron chi connectivity index (χ3n) is 3.29. The summed E-state index contributed by atoms with van der Waals surface area (Å²) in [4.78, 5) is 27.9. The van der Waals surface area contributed by atoms with E-state index in [-0.39, 0.29) is 17.4 Å². The minimum atomic E-state index is -0.514. The molecule has 0 bridgehead atoms. The largest absolute Gasteiger partial charge is 0.301 e. The second-order valence-electron chi connectivity index (χ2n) is 5.17. The highest BCUT2D eigenvalue weighted by Crippen LogP contribution is 2.29. The first kappa shape index (κ1) is 17.8. The van der Waals surface area contributed by atoms with Gasteiger partial charge in [0.25, 0.3) is 0 Å². The van der Waals surface area contributed by atoms with Gasteiger partial charge < -0.3 is 5.32 Å². The minimum Gasteiger partial charge on any atom is -0.301 e. The summed E-state index contributed by atoms with van der Waals surface area (Å²) in [5.41, 5.74) is 1.06. The van der Waals surface area contributed by atoms with E-state index in [4.69, 9.17) is 11.6 Å².